The Kier molecular flexibility index (Phi) is 4.88. The molecule has 0 spiro atoms. The van der Waals surface area contributed by atoms with Gasteiger partial charge in [0.15, 0.2) is 5.16 Å². The Morgan fingerprint density at radius 3 is 2.76 bits per heavy atom. The van der Waals surface area contributed by atoms with E-state index in [1.54, 1.807) is 6.07 Å². The van der Waals surface area contributed by atoms with E-state index in [0.29, 0.717) is 29.1 Å². The first kappa shape index (κ1) is 15.8. The van der Waals surface area contributed by atoms with Crippen LogP contribution in [0.3, 0.4) is 0 Å². The number of hydrogen-bond donors (Lipinski definition) is 1. The number of thioether (sulfide) groups is 1. The largest absolute Gasteiger partial charge is 0.481 e. The number of nitrogens with zero attached hydrogens (tertiary/aromatic N) is 2. The van der Waals surface area contributed by atoms with Gasteiger partial charge in [-0.05, 0) is 30.0 Å². The molecule has 1 unspecified atom stereocenters. The Hall–Kier alpha value is -1.56. The predicted molar refractivity (Wildman–Crippen MR) is 82.1 cm³/mol. The first-order valence-corrected chi connectivity index (χ1v) is 7.87. The van der Waals surface area contributed by atoms with Gasteiger partial charge in [-0.15, -0.1) is 0 Å². The van der Waals surface area contributed by atoms with Gasteiger partial charge in [-0.2, -0.15) is 0 Å². The molecule has 1 N–H and O–H groups in total. The molecule has 2 rings (SSSR count). The summed E-state index contributed by atoms with van der Waals surface area (Å²) in [6.07, 6.45) is 0. The number of benzene rings is 1. The van der Waals surface area contributed by atoms with Gasteiger partial charge in [-0.3, -0.25) is 4.79 Å². The summed E-state index contributed by atoms with van der Waals surface area (Å²) in [6, 6.07) is 4.46. The molecule has 21 heavy (non-hydrogen) atoms. The van der Waals surface area contributed by atoms with Crippen molar-refractivity contribution < 1.29 is 14.3 Å². The van der Waals surface area contributed by atoms with Gasteiger partial charge in [0.2, 0.25) is 0 Å². The van der Waals surface area contributed by atoms with E-state index in [2.05, 4.69) is 25.8 Å². The molecule has 1 atom stereocenters. The first-order valence-electron chi connectivity index (χ1n) is 6.89. The van der Waals surface area contributed by atoms with Crippen LogP contribution in [0.5, 0.6) is 0 Å². The standard InChI is InChI=1S/C15H19FN2O2S/c1-9(2)10(3)7-18-13-6-11(16)4-5-12(13)17-15(18)21-8-14(19)20/h4-6,9-10H,7-8H2,1-3H3,(H,19,20). The Morgan fingerprint density at radius 2 is 2.14 bits per heavy atom. The summed E-state index contributed by atoms with van der Waals surface area (Å²) in [5, 5.41) is 9.47. The second-order valence-corrected chi connectivity index (χ2v) is 6.48. The molecule has 0 aliphatic heterocycles. The van der Waals surface area contributed by atoms with Crippen molar-refractivity contribution in [1.29, 1.82) is 0 Å². The summed E-state index contributed by atoms with van der Waals surface area (Å²) in [4.78, 5) is 15.2. The number of hydrogen-bond acceptors (Lipinski definition) is 3. The highest BCUT2D eigenvalue weighted by molar-refractivity contribution is 7.99. The average Bonchev–Trinajstić information content (AvgIpc) is 2.74. The monoisotopic (exact) mass is 310 g/mol. The number of aromatic nitrogens is 2. The zero-order chi connectivity index (χ0) is 15.6. The van der Waals surface area contributed by atoms with Crippen LogP contribution in [0.2, 0.25) is 0 Å². The Bertz CT molecular complexity index is 654. The summed E-state index contributed by atoms with van der Waals surface area (Å²) in [7, 11) is 0. The van der Waals surface area contributed by atoms with Crippen LogP contribution in [-0.4, -0.2) is 26.4 Å². The lowest BCUT2D eigenvalue weighted by Gasteiger charge is -2.18. The van der Waals surface area contributed by atoms with Crippen molar-refractivity contribution in [2.75, 3.05) is 5.75 Å². The number of carbonyl (C=O) groups is 1. The van der Waals surface area contributed by atoms with Gasteiger partial charge in [-0.25, -0.2) is 9.37 Å². The smallest absolute Gasteiger partial charge is 0.313 e. The molecule has 0 aliphatic rings. The highest BCUT2D eigenvalue weighted by Crippen LogP contribution is 2.27. The Balaban J connectivity index is 2.42. The summed E-state index contributed by atoms with van der Waals surface area (Å²) in [5.41, 5.74) is 1.41. The topological polar surface area (TPSA) is 55.1 Å². The quantitative estimate of drug-likeness (QED) is 0.828. The van der Waals surface area contributed by atoms with Crippen molar-refractivity contribution in [1.82, 2.24) is 9.55 Å². The van der Waals surface area contributed by atoms with E-state index in [9.17, 15) is 9.18 Å². The molecule has 0 radical (unpaired) electrons. The zero-order valence-corrected chi connectivity index (χ0v) is 13.2. The highest BCUT2D eigenvalue weighted by Gasteiger charge is 2.17. The normalized spacial score (nSPS) is 13.0. The van der Waals surface area contributed by atoms with Crippen molar-refractivity contribution in [2.45, 2.75) is 32.5 Å². The molecule has 2 aromatic rings. The maximum Gasteiger partial charge on any atom is 0.313 e. The number of rotatable bonds is 6. The van der Waals surface area contributed by atoms with Crippen LogP contribution in [0.4, 0.5) is 4.39 Å². The van der Waals surface area contributed by atoms with Gasteiger partial charge in [0.1, 0.15) is 5.82 Å². The van der Waals surface area contributed by atoms with Crippen LogP contribution in [0, 0.1) is 17.7 Å². The molecular formula is C15H19FN2O2S. The van der Waals surface area contributed by atoms with E-state index in [1.165, 1.54) is 23.9 Å². The minimum Gasteiger partial charge on any atom is -0.481 e. The summed E-state index contributed by atoms with van der Waals surface area (Å²) in [5.74, 6) is -0.387. The average molecular weight is 310 g/mol. The predicted octanol–water partition coefficient (Wildman–Crippen LogP) is 3.64. The lowest BCUT2D eigenvalue weighted by atomic mass is 9.98. The molecule has 0 saturated carbocycles. The van der Waals surface area contributed by atoms with E-state index in [4.69, 9.17) is 5.11 Å². The third-order valence-corrected chi connectivity index (χ3v) is 4.57. The molecule has 1 heterocycles. The second kappa shape index (κ2) is 6.47. The molecule has 1 aromatic carbocycles. The SMILES string of the molecule is CC(C)C(C)Cn1c(SCC(=O)O)nc2ccc(F)cc21. The van der Waals surface area contributed by atoms with Gasteiger partial charge < -0.3 is 9.67 Å². The van der Waals surface area contributed by atoms with Crippen LogP contribution < -0.4 is 0 Å². The van der Waals surface area contributed by atoms with Crippen molar-refractivity contribution in [2.24, 2.45) is 11.8 Å². The molecule has 4 nitrogen and oxygen atoms in total. The van der Waals surface area contributed by atoms with Gasteiger partial charge in [0, 0.05) is 6.54 Å². The van der Waals surface area contributed by atoms with Gasteiger partial charge in [0.05, 0.1) is 16.8 Å². The molecule has 0 amide bonds. The molecule has 6 heteroatoms. The minimum absolute atomic E-state index is 0.0537. The molecule has 0 aliphatic carbocycles. The number of carboxylic acid groups (broad SMARTS) is 1. The van der Waals surface area contributed by atoms with Crippen LogP contribution in [-0.2, 0) is 11.3 Å². The van der Waals surface area contributed by atoms with Gasteiger partial charge in [0.25, 0.3) is 0 Å². The summed E-state index contributed by atoms with van der Waals surface area (Å²) < 4.78 is 15.4. The fourth-order valence-corrected chi connectivity index (χ4v) is 2.73. The number of halogens is 1. The summed E-state index contributed by atoms with van der Waals surface area (Å²) >= 11 is 1.17. The molecule has 114 valence electrons. The lowest BCUT2D eigenvalue weighted by molar-refractivity contribution is -0.133. The van der Waals surface area contributed by atoms with Crippen molar-refractivity contribution >= 4 is 28.8 Å². The van der Waals surface area contributed by atoms with Crippen molar-refractivity contribution in [3.63, 3.8) is 0 Å². The number of imidazole rings is 1. The Morgan fingerprint density at radius 1 is 1.43 bits per heavy atom. The van der Waals surface area contributed by atoms with E-state index in [0.717, 1.165) is 5.52 Å². The van der Waals surface area contributed by atoms with Crippen LogP contribution in [0.1, 0.15) is 20.8 Å². The van der Waals surface area contributed by atoms with Gasteiger partial charge in [-0.1, -0.05) is 32.5 Å². The van der Waals surface area contributed by atoms with E-state index < -0.39 is 5.97 Å². The van der Waals surface area contributed by atoms with E-state index >= 15 is 0 Å². The van der Waals surface area contributed by atoms with Crippen molar-refractivity contribution in [3.05, 3.63) is 24.0 Å². The Labute approximate surface area is 127 Å². The van der Waals surface area contributed by atoms with Gasteiger partial charge >= 0.3 is 5.97 Å². The second-order valence-electron chi connectivity index (χ2n) is 5.54. The molecule has 0 fully saturated rings. The molecule has 0 saturated heterocycles. The third kappa shape index (κ3) is 3.75. The molecular weight excluding hydrogens is 291 g/mol. The lowest BCUT2D eigenvalue weighted by Crippen LogP contribution is -2.14. The van der Waals surface area contributed by atoms with E-state index in [1.807, 2.05) is 4.57 Å². The van der Waals surface area contributed by atoms with Crippen LogP contribution in [0.25, 0.3) is 11.0 Å². The summed E-state index contributed by atoms with van der Waals surface area (Å²) in [6.45, 7) is 7.09. The number of fused-ring (bicyclic) bond motifs is 1. The fourth-order valence-electron chi connectivity index (χ4n) is 1.99. The maximum absolute atomic E-state index is 13.5. The van der Waals surface area contributed by atoms with Crippen LogP contribution in [0.15, 0.2) is 23.4 Å². The first-order chi connectivity index (χ1) is 9.88. The van der Waals surface area contributed by atoms with Crippen molar-refractivity contribution in [3.8, 4) is 0 Å². The van der Waals surface area contributed by atoms with Crippen LogP contribution >= 0.6 is 11.8 Å². The third-order valence-electron chi connectivity index (χ3n) is 3.61. The maximum atomic E-state index is 13.5. The molecule has 1 aromatic heterocycles. The fraction of sp³-hybridized carbons (Fsp3) is 0.467. The zero-order valence-electron chi connectivity index (χ0n) is 12.3. The minimum atomic E-state index is -0.887. The van der Waals surface area contributed by atoms with E-state index in [-0.39, 0.29) is 11.6 Å². The number of aliphatic carboxylic acids is 1. The number of carboxylic acids is 1. The molecule has 0 bridgehead atoms. The highest BCUT2D eigenvalue weighted by atomic mass is 32.2.